The summed E-state index contributed by atoms with van der Waals surface area (Å²) in [6.07, 6.45) is 7.29. The largest absolute Gasteiger partial charge is 0.366 e. The zero-order valence-corrected chi connectivity index (χ0v) is 14.2. The van der Waals surface area contributed by atoms with Crippen molar-refractivity contribution in [3.05, 3.63) is 12.2 Å². The van der Waals surface area contributed by atoms with E-state index in [0.717, 1.165) is 58.2 Å². The summed E-state index contributed by atoms with van der Waals surface area (Å²) in [5.41, 5.74) is 1.31. The molecule has 0 aromatic rings. The summed E-state index contributed by atoms with van der Waals surface area (Å²) in [5, 5.41) is 0. The molecule has 7 atom stereocenters. The minimum Gasteiger partial charge on any atom is -0.366 e. The van der Waals surface area contributed by atoms with Gasteiger partial charge in [0.15, 0.2) is 5.79 Å². The highest BCUT2D eigenvalue weighted by molar-refractivity contribution is 5.84. The number of carbonyl (C=O) groups is 1. The summed E-state index contributed by atoms with van der Waals surface area (Å²) in [4.78, 5) is 12.3. The monoisotopic (exact) mass is 330 g/mol. The first-order valence-electron chi connectivity index (χ1n) is 9.78. The van der Waals surface area contributed by atoms with Crippen LogP contribution in [-0.4, -0.2) is 36.5 Å². The number of fused-ring (bicyclic) bond motifs is 4. The Morgan fingerprint density at radius 3 is 2.79 bits per heavy atom. The van der Waals surface area contributed by atoms with E-state index in [9.17, 15) is 4.79 Å². The normalized spacial score (nSPS) is 54.2. The van der Waals surface area contributed by atoms with Crippen molar-refractivity contribution in [1.82, 2.24) is 0 Å². The molecule has 0 unspecified atom stereocenters. The van der Waals surface area contributed by atoms with Crippen LogP contribution in [0.15, 0.2) is 12.2 Å². The Morgan fingerprint density at radius 1 is 1.12 bits per heavy atom. The number of carbonyl (C=O) groups excluding carboxylic acids is 1. The molecule has 4 heteroatoms. The third kappa shape index (κ3) is 1.68. The molecule has 0 bridgehead atoms. The predicted molar refractivity (Wildman–Crippen MR) is 86.2 cm³/mol. The highest BCUT2D eigenvalue weighted by atomic mass is 16.7. The molecule has 0 aromatic heterocycles. The van der Waals surface area contributed by atoms with Gasteiger partial charge in [0.25, 0.3) is 0 Å². The van der Waals surface area contributed by atoms with E-state index in [0.29, 0.717) is 35.6 Å². The topological polar surface area (TPSA) is 48.1 Å². The zero-order chi connectivity index (χ0) is 16.1. The predicted octanol–water partition coefficient (Wildman–Crippen LogP) is 2.86. The summed E-state index contributed by atoms with van der Waals surface area (Å²) in [5.74, 6) is 2.70. The lowest BCUT2D eigenvalue weighted by Crippen LogP contribution is -2.54. The Kier molecular flexibility index (Phi) is 2.72. The highest BCUT2D eigenvalue weighted by Crippen LogP contribution is 2.68. The van der Waals surface area contributed by atoms with Gasteiger partial charge in [0.2, 0.25) is 0 Å². The van der Waals surface area contributed by atoms with Crippen molar-refractivity contribution in [3.8, 4) is 0 Å². The van der Waals surface area contributed by atoms with Gasteiger partial charge in [-0.25, -0.2) is 0 Å². The van der Waals surface area contributed by atoms with E-state index in [1.54, 1.807) is 0 Å². The van der Waals surface area contributed by atoms with Gasteiger partial charge < -0.3 is 14.2 Å². The van der Waals surface area contributed by atoms with Crippen molar-refractivity contribution < 1.29 is 19.0 Å². The quantitative estimate of drug-likeness (QED) is 0.506. The van der Waals surface area contributed by atoms with E-state index < -0.39 is 0 Å². The van der Waals surface area contributed by atoms with Crippen LogP contribution in [0.25, 0.3) is 0 Å². The second kappa shape index (κ2) is 4.52. The van der Waals surface area contributed by atoms with Crippen molar-refractivity contribution >= 4 is 5.78 Å². The molecule has 6 aliphatic rings. The molecular formula is C20H26O4. The molecule has 4 saturated carbocycles. The maximum atomic E-state index is 12.3. The smallest absolute Gasteiger partial charge is 0.171 e. The van der Waals surface area contributed by atoms with Gasteiger partial charge in [0, 0.05) is 25.2 Å². The van der Waals surface area contributed by atoms with Crippen LogP contribution in [0.4, 0.5) is 0 Å². The minimum absolute atomic E-state index is 0.0256. The maximum Gasteiger partial charge on any atom is 0.171 e. The van der Waals surface area contributed by atoms with E-state index >= 15 is 0 Å². The van der Waals surface area contributed by atoms with Crippen LogP contribution in [0.3, 0.4) is 0 Å². The van der Waals surface area contributed by atoms with Gasteiger partial charge >= 0.3 is 0 Å². The number of rotatable bonds is 0. The fourth-order valence-corrected chi connectivity index (χ4v) is 7.30. The Labute approximate surface area is 142 Å². The number of ketones is 1. The molecule has 6 rings (SSSR count). The molecule has 4 nitrogen and oxygen atoms in total. The van der Waals surface area contributed by atoms with Gasteiger partial charge in [-0.15, -0.1) is 0 Å². The van der Waals surface area contributed by atoms with Crippen LogP contribution in [0, 0.1) is 29.6 Å². The minimum atomic E-state index is -0.375. The van der Waals surface area contributed by atoms with Crippen LogP contribution in [0.2, 0.25) is 0 Å². The Balaban J connectivity index is 1.33. The summed E-state index contributed by atoms with van der Waals surface area (Å²) in [6.45, 7) is 5.89. The molecule has 4 aliphatic carbocycles. The van der Waals surface area contributed by atoms with Gasteiger partial charge in [-0.05, 0) is 49.4 Å². The first kappa shape index (κ1) is 14.5. The van der Waals surface area contributed by atoms with Gasteiger partial charge in [-0.1, -0.05) is 12.2 Å². The SMILES string of the molecule is C=C1C[C@@H]2C(=O)CC[C@H]2[C@@H]2C[C@@H]3O[C@]34CC3(CC[C@@H]4[C@@H]12)OCCO3. The molecule has 24 heavy (non-hydrogen) atoms. The highest BCUT2D eigenvalue weighted by Gasteiger charge is 2.73. The second-order valence-electron chi connectivity index (χ2n) is 9.05. The number of hydrogen-bond acceptors (Lipinski definition) is 4. The van der Waals surface area contributed by atoms with Crippen molar-refractivity contribution in [2.45, 2.75) is 62.4 Å². The molecule has 2 heterocycles. The lowest BCUT2D eigenvalue weighted by atomic mass is 9.52. The lowest BCUT2D eigenvalue weighted by Gasteiger charge is -2.52. The summed E-state index contributed by atoms with van der Waals surface area (Å²) >= 11 is 0. The molecular weight excluding hydrogens is 304 g/mol. The number of Topliss-reactive ketones (excluding diaryl/α,β-unsaturated/α-hetero) is 1. The van der Waals surface area contributed by atoms with Gasteiger partial charge in [0.05, 0.1) is 19.3 Å². The average molecular weight is 330 g/mol. The van der Waals surface area contributed by atoms with Crippen molar-refractivity contribution in [1.29, 1.82) is 0 Å². The third-order valence-corrected chi connectivity index (χ3v) is 8.21. The average Bonchev–Trinajstić information content (AvgIpc) is 2.87. The Bertz CT molecular complexity index is 621. The Hall–Kier alpha value is -0.710. The van der Waals surface area contributed by atoms with Crippen LogP contribution in [0.1, 0.15) is 44.9 Å². The number of hydrogen-bond donors (Lipinski definition) is 0. The third-order valence-electron chi connectivity index (χ3n) is 8.21. The maximum absolute atomic E-state index is 12.3. The van der Waals surface area contributed by atoms with E-state index in [1.807, 2.05) is 0 Å². The molecule has 2 saturated heterocycles. The lowest BCUT2D eigenvalue weighted by molar-refractivity contribution is -0.204. The van der Waals surface area contributed by atoms with E-state index in [2.05, 4.69) is 6.58 Å². The van der Waals surface area contributed by atoms with Crippen molar-refractivity contribution in [2.24, 2.45) is 29.6 Å². The number of ether oxygens (including phenoxy) is 3. The fraction of sp³-hybridized carbons (Fsp3) is 0.850. The van der Waals surface area contributed by atoms with Crippen molar-refractivity contribution in [2.75, 3.05) is 13.2 Å². The van der Waals surface area contributed by atoms with Gasteiger partial charge in [0.1, 0.15) is 11.4 Å². The second-order valence-corrected chi connectivity index (χ2v) is 9.05. The summed E-state index contributed by atoms with van der Waals surface area (Å²) in [6, 6.07) is 0. The van der Waals surface area contributed by atoms with Gasteiger partial charge in [-0.3, -0.25) is 4.79 Å². The van der Waals surface area contributed by atoms with Crippen molar-refractivity contribution in [3.63, 3.8) is 0 Å². The molecule has 0 amide bonds. The van der Waals surface area contributed by atoms with E-state index in [-0.39, 0.29) is 17.3 Å². The van der Waals surface area contributed by atoms with Gasteiger partial charge in [-0.2, -0.15) is 0 Å². The van der Waals surface area contributed by atoms with E-state index in [1.165, 1.54) is 5.57 Å². The Morgan fingerprint density at radius 2 is 1.96 bits per heavy atom. The number of epoxide rings is 1. The van der Waals surface area contributed by atoms with Crippen LogP contribution in [0.5, 0.6) is 0 Å². The van der Waals surface area contributed by atoms with Crippen LogP contribution >= 0.6 is 0 Å². The molecule has 0 radical (unpaired) electrons. The molecule has 6 fully saturated rings. The molecule has 130 valence electrons. The van der Waals surface area contributed by atoms with Crippen LogP contribution in [-0.2, 0) is 19.0 Å². The van der Waals surface area contributed by atoms with E-state index in [4.69, 9.17) is 14.2 Å². The molecule has 0 N–H and O–H groups in total. The first-order valence-corrected chi connectivity index (χ1v) is 9.78. The number of allylic oxidation sites excluding steroid dienone is 1. The summed E-state index contributed by atoms with van der Waals surface area (Å²) < 4.78 is 18.4. The van der Waals surface area contributed by atoms with Crippen LogP contribution < -0.4 is 0 Å². The summed E-state index contributed by atoms with van der Waals surface area (Å²) in [7, 11) is 0. The molecule has 2 spiro atoms. The fourth-order valence-electron chi connectivity index (χ4n) is 7.30. The first-order chi connectivity index (χ1) is 11.6. The standard InChI is InChI=1S/C20H26O4/c1-11-8-13-12(2-3-16(13)21)14-9-17-20(24-17)10-19(22-6-7-23-19)5-4-15(20)18(11)14/h12-15,17-18H,1-10H2/t12-,13+,14+,15-,17+,18+,20+/m1/s1. The molecule has 0 aromatic carbocycles. The zero-order valence-electron chi connectivity index (χ0n) is 14.2. The molecule has 2 aliphatic heterocycles.